The number of anilines is 1. The minimum absolute atomic E-state index is 0.0437. The van der Waals surface area contributed by atoms with Crippen LogP contribution in [0.4, 0.5) is 5.82 Å². The molecule has 1 N–H and O–H groups in total. The second-order valence-electron chi connectivity index (χ2n) is 5.93. The van der Waals surface area contributed by atoms with Gasteiger partial charge in [-0.15, -0.1) is 0 Å². The number of hydrogen-bond donors (Lipinski definition) is 1. The summed E-state index contributed by atoms with van der Waals surface area (Å²) in [5.74, 6) is 0.220. The zero-order chi connectivity index (χ0) is 16.8. The molecule has 1 aromatic rings. The van der Waals surface area contributed by atoms with Gasteiger partial charge in [0.25, 0.3) is 5.91 Å². The molecule has 1 saturated heterocycles. The van der Waals surface area contributed by atoms with Gasteiger partial charge in [0.05, 0.1) is 5.92 Å². The third-order valence-electron chi connectivity index (χ3n) is 4.03. The molecule has 2 rings (SSSR count). The van der Waals surface area contributed by atoms with E-state index in [9.17, 15) is 9.59 Å². The summed E-state index contributed by atoms with van der Waals surface area (Å²) in [5.41, 5.74) is 1.04. The molecule has 1 fully saturated rings. The lowest BCUT2D eigenvalue weighted by Crippen LogP contribution is -2.47. The number of nitrogens with zero attached hydrogens (tertiary/aromatic N) is 2. The fraction of sp³-hybridized carbons (Fsp3) is 0.588. The second-order valence-corrected chi connectivity index (χ2v) is 5.93. The molecule has 0 unspecified atom stereocenters. The number of carbonyl (C=O) groups excluding carboxylic acids is 2. The Balaban J connectivity index is 1.93. The van der Waals surface area contributed by atoms with Crippen molar-refractivity contribution in [1.82, 2.24) is 9.88 Å². The Morgan fingerprint density at radius 3 is 2.91 bits per heavy atom. The molecule has 2 amide bonds. The topological polar surface area (TPSA) is 71.5 Å². The van der Waals surface area contributed by atoms with Crippen LogP contribution < -0.4 is 5.32 Å². The first-order valence-electron chi connectivity index (χ1n) is 8.15. The van der Waals surface area contributed by atoms with Crippen LogP contribution in [0.1, 0.15) is 32.3 Å². The summed E-state index contributed by atoms with van der Waals surface area (Å²) in [6.07, 6.45) is 2.87. The Kier molecular flexibility index (Phi) is 6.10. The molecule has 1 aliphatic heterocycles. The summed E-state index contributed by atoms with van der Waals surface area (Å²) in [4.78, 5) is 30.6. The molecule has 0 spiro atoms. The molecule has 0 aliphatic carbocycles. The molecule has 2 atom stereocenters. The van der Waals surface area contributed by atoms with E-state index >= 15 is 0 Å². The fourth-order valence-electron chi connectivity index (χ4n) is 2.74. The number of pyridine rings is 1. The lowest BCUT2D eigenvalue weighted by molar-refractivity contribution is -0.145. The normalized spacial score (nSPS) is 19.3. The van der Waals surface area contributed by atoms with Crippen molar-refractivity contribution in [2.45, 2.75) is 39.7 Å². The van der Waals surface area contributed by atoms with Gasteiger partial charge in [-0.25, -0.2) is 4.98 Å². The zero-order valence-corrected chi connectivity index (χ0v) is 14.0. The Hall–Kier alpha value is -1.95. The maximum atomic E-state index is 12.4. The molecule has 0 radical (unpaired) electrons. The minimum Gasteiger partial charge on any atom is -0.369 e. The van der Waals surface area contributed by atoms with Crippen molar-refractivity contribution in [3.63, 3.8) is 0 Å². The Morgan fingerprint density at radius 1 is 1.48 bits per heavy atom. The van der Waals surface area contributed by atoms with Crippen LogP contribution in [0.3, 0.4) is 0 Å². The van der Waals surface area contributed by atoms with Gasteiger partial charge in [0.2, 0.25) is 5.91 Å². The van der Waals surface area contributed by atoms with Gasteiger partial charge in [0.1, 0.15) is 11.9 Å². The molecule has 1 aromatic heterocycles. The van der Waals surface area contributed by atoms with Gasteiger partial charge < -0.3 is 15.0 Å². The summed E-state index contributed by atoms with van der Waals surface area (Å²) in [6.45, 7) is 7.19. The third-order valence-corrected chi connectivity index (χ3v) is 4.03. The summed E-state index contributed by atoms with van der Waals surface area (Å²) in [7, 11) is 0. The number of amides is 2. The number of ether oxygens (including phenoxy) is 1. The molecule has 126 valence electrons. The van der Waals surface area contributed by atoms with Gasteiger partial charge in [-0.05, 0) is 45.2 Å². The van der Waals surface area contributed by atoms with Crippen LogP contribution in [0.15, 0.2) is 18.3 Å². The van der Waals surface area contributed by atoms with Gasteiger partial charge in [-0.3, -0.25) is 9.59 Å². The highest BCUT2D eigenvalue weighted by Gasteiger charge is 2.30. The van der Waals surface area contributed by atoms with Crippen molar-refractivity contribution < 1.29 is 14.3 Å². The summed E-state index contributed by atoms with van der Waals surface area (Å²) in [5, 5.41) is 2.83. The molecule has 6 heteroatoms. The number of carbonyl (C=O) groups is 2. The summed E-state index contributed by atoms with van der Waals surface area (Å²) >= 11 is 0. The SMILES string of the molecule is CCO[C@@H](C)C(=O)N1CCC[C@@H](C(=O)Nc2ccc(C)cn2)C1. The van der Waals surface area contributed by atoms with Crippen molar-refractivity contribution in [1.29, 1.82) is 0 Å². The molecule has 1 aliphatic rings. The predicted octanol–water partition coefficient (Wildman–Crippen LogP) is 1.99. The maximum absolute atomic E-state index is 12.4. The van der Waals surface area contributed by atoms with E-state index in [0.29, 0.717) is 25.5 Å². The molecule has 0 aromatic carbocycles. The van der Waals surface area contributed by atoms with E-state index in [1.165, 1.54) is 0 Å². The number of piperidine rings is 1. The Bertz CT molecular complexity index is 545. The van der Waals surface area contributed by atoms with Crippen molar-refractivity contribution in [2.75, 3.05) is 25.0 Å². The highest BCUT2D eigenvalue weighted by atomic mass is 16.5. The summed E-state index contributed by atoms with van der Waals surface area (Å²) < 4.78 is 5.36. The Labute approximate surface area is 137 Å². The monoisotopic (exact) mass is 319 g/mol. The fourth-order valence-corrected chi connectivity index (χ4v) is 2.74. The molecule has 2 heterocycles. The lowest BCUT2D eigenvalue weighted by atomic mass is 9.96. The Morgan fingerprint density at radius 2 is 2.26 bits per heavy atom. The van der Waals surface area contributed by atoms with E-state index in [1.54, 1.807) is 24.1 Å². The first-order chi connectivity index (χ1) is 11.0. The largest absolute Gasteiger partial charge is 0.369 e. The van der Waals surface area contributed by atoms with Crippen LogP contribution in [0, 0.1) is 12.8 Å². The van der Waals surface area contributed by atoms with Crippen LogP contribution >= 0.6 is 0 Å². The summed E-state index contributed by atoms with van der Waals surface area (Å²) in [6, 6.07) is 3.69. The first kappa shape index (κ1) is 17.4. The number of likely N-dealkylation sites (tertiary alicyclic amines) is 1. The van der Waals surface area contributed by atoms with E-state index in [0.717, 1.165) is 18.4 Å². The van der Waals surface area contributed by atoms with Gasteiger partial charge in [-0.2, -0.15) is 0 Å². The molecule has 23 heavy (non-hydrogen) atoms. The maximum Gasteiger partial charge on any atom is 0.251 e. The van der Waals surface area contributed by atoms with Crippen molar-refractivity contribution in [3.8, 4) is 0 Å². The molecular weight excluding hydrogens is 294 g/mol. The second kappa shape index (κ2) is 8.06. The van der Waals surface area contributed by atoms with Crippen LogP contribution in [0.5, 0.6) is 0 Å². The van der Waals surface area contributed by atoms with E-state index in [-0.39, 0.29) is 17.7 Å². The van der Waals surface area contributed by atoms with E-state index in [2.05, 4.69) is 10.3 Å². The van der Waals surface area contributed by atoms with Crippen LogP contribution in [-0.2, 0) is 14.3 Å². The standard InChI is InChI=1S/C17H25N3O3/c1-4-23-13(3)17(22)20-9-5-6-14(11-20)16(21)19-15-8-7-12(2)10-18-15/h7-8,10,13-14H,4-6,9,11H2,1-3H3,(H,18,19,21)/t13-,14+/m0/s1. The number of hydrogen-bond acceptors (Lipinski definition) is 4. The molecule has 0 bridgehead atoms. The number of rotatable bonds is 5. The smallest absolute Gasteiger partial charge is 0.251 e. The molecule has 0 saturated carbocycles. The van der Waals surface area contributed by atoms with Crippen molar-refractivity contribution >= 4 is 17.6 Å². The third kappa shape index (κ3) is 4.76. The van der Waals surface area contributed by atoms with Gasteiger partial charge >= 0.3 is 0 Å². The molecule has 6 nitrogen and oxygen atoms in total. The highest BCUT2D eigenvalue weighted by Crippen LogP contribution is 2.19. The number of aryl methyl sites for hydroxylation is 1. The van der Waals surface area contributed by atoms with Gasteiger partial charge in [-0.1, -0.05) is 6.07 Å². The minimum atomic E-state index is -0.458. The zero-order valence-electron chi connectivity index (χ0n) is 14.0. The van der Waals surface area contributed by atoms with E-state index in [1.807, 2.05) is 19.9 Å². The van der Waals surface area contributed by atoms with Crippen LogP contribution in [0.25, 0.3) is 0 Å². The van der Waals surface area contributed by atoms with Crippen LogP contribution in [0.2, 0.25) is 0 Å². The predicted molar refractivity (Wildman–Crippen MR) is 88.0 cm³/mol. The van der Waals surface area contributed by atoms with E-state index in [4.69, 9.17) is 4.74 Å². The van der Waals surface area contributed by atoms with Gasteiger partial charge in [0, 0.05) is 25.9 Å². The lowest BCUT2D eigenvalue weighted by Gasteiger charge is -2.33. The van der Waals surface area contributed by atoms with Crippen molar-refractivity contribution in [2.24, 2.45) is 5.92 Å². The van der Waals surface area contributed by atoms with E-state index < -0.39 is 6.10 Å². The number of aromatic nitrogens is 1. The van der Waals surface area contributed by atoms with Crippen molar-refractivity contribution in [3.05, 3.63) is 23.9 Å². The van der Waals surface area contributed by atoms with Gasteiger partial charge in [0.15, 0.2) is 0 Å². The number of nitrogens with one attached hydrogen (secondary N) is 1. The molecular formula is C17H25N3O3. The van der Waals surface area contributed by atoms with Crippen LogP contribution in [-0.4, -0.2) is 47.5 Å². The average Bonchev–Trinajstić information content (AvgIpc) is 2.56. The highest BCUT2D eigenvalue weighted by molar-refractivity contribution is 5.92. The first-order valence-corrected chi connectivity index (χ1v) is 8.15. The quantitative estimate of drug-likeness (QED) is 0.901. The average molecular weight is 319 g/mol.